The Morgan fingerprint density at radius 3 is 2.93 bits per heavy atom. The lowest BCUT2D eigenvalue weighted by Gasteiger charge is -2.37. The minimum atomic E-state index is 0.152. The van der Waals surface area contributed by atoms with Gasteiger partial charge in [-0.3, -0.25) is 4.79 Å². The molecule has 1 saturated heterocycles. The number of allylic oxidation sites excluding steroid dienone is 3. The Bertz CT molecular complexity index is 367. The predicted octanol–water partition coefficient (Wildman–Crippen LogP) is 2.32. The number of hydrogen-bond acceptors (Lipinski definition) is 1. The van der Waals surface area contributed by atoms with E-state index >= 15 is 0 Å². The van der Waals surface area contributed by atoms with Crippen molar-refractivity contribution in [1.29, 1.82) is 0 Å². The topological polar surface area (TPSA) is 29.1 Å². The molecule has 1 N–H and O–H groups in total. The molecule has 0 bridgehead atoms. The van der Waals surface area contributed by atoms with Crippen molar-refractivity contribution in [3.8, 4) is 0 Å². The van der Waals surface area contributed by atoms with Gasteiger partial charge in [0.25, 0.3) is 0 Å². The van der Waals surface area contributed by atoms with Crippen LogP contribution in [0.2, 0.25) is 0 Å². The summed E-state index contributed by atoms with van der Waals surface area (Å²) in [5, 5.41) is 2.97. The van der Waals surface area contributed by atoms with Crippen LogP contribution >= 0.6 is 0 Å². The van der Waals surface area contributed by atoms with Gasteiger partial charge < -0.3 is 5.32 Å². The average Bonchev–Trinajstić information content (AvgIpc) is 2.87. The van der Waals surface area contributed by atoms with Gasteiger partial charge in [0.2, 0.25) is 5.91 Å². The molecule has 3 rings (SSSR count). The van der Waals surface area contributed by atoms with E-state index in [-0.39, 0.29) is 11.3 Å². The Balaban J connectivity index is 2.01. The van der Waals surface area contributed by atoms with E-state index in [0.29, 0.717) is 0 Å². The molecule has 0 aromatic carbocycles. The van der Waals surface area contributed by atoms with Crippen LogP contribution in [0.25, 0.3) is 0 Å². The van der Waals surface area contributed by atoms with E-state index in [9.17, 15) is 4.79 Å². The maximum Gasteiger partial charge on any atom is 0.247 e. The Labute approximate surface area is 90.4 Å². The van der Waals surface area contributed by atoms with Crippen LogP contribution in [0.3, 0.4) is 0 Å². The van der Waals surface area contributed by atoms with Gasteiger partial charge in [0.1, 0.15) is 0 Å². The molecule has 1 amide bonds. The van der Waals surface area contributed by atoms with Crippen LogP contribution in [0.15, 0.2) is 23.3 Å². The van der Waals surface area contributed by atoms with Crippen molar-refractivity contribution >= 4 is 5.91 Å². The second-order valence-electron chi connectivity index (χ2n) is 4.87. The molecule has 0 aromatic heterocycles. The molecule has 0 aromatic rings. The van der Waals surface area contributed by atoms with Crippen LogP contribution in [-0.2, 0) is 4.79 Å². The fourth-order valence-electron chi connectivity index (χ4n) is 3.45. The van der Waals surface area contributed by atoms with Gasteiger partial charge in [0, 0.05) is 17.5 Å². The molecule has 1 fully saturated rings. The molecule has 0 saturated carbocycles. The van der Waals surface area contributed by atoms with E-state index in [1.165, 1.54) is 25.7 Å². The van der Waals surface area contributed by atoms with Gasteiger partial charge >= 0.3 is 0 Å². The Morgan fingerprint density at radius 1 is 1.20 bits per heavy atom. The first-order valence-electron chi connectivity index (χ1n) is 6.01. The molecular formula is C13H17NO. The fourth-order valence-corrected chi connectivity index (χ4v) is 3.45. The highest BCUT2D eigenvalue weighted by atomic mass is 16.1. The summed E-state index contributed by atoms with van der Waals surface area (Å²) in [7, 11) is 0. The molecule has 1 heterocycles. The second kappa shape index (κ2) is 3.22. The normalized spacial score (nSPS) is 34.5. The molecule has 15 heavy (non-hydrogen) atoms. The van der Waals surface area contributed by atoms with Gasteiger partial charge in [-0.05, 0) is 38.5 Å². The van der Waals surface area contributed by atoms with Crippen molar-refractivity contribution in [2.45, 2.75) is 38.5 Å². The molecule has 2 aliphatic carbocycles. The SMILES string of the molecule is O=C1NCCC2(C3=CCCC3)CCC=C12. The van der Waals surface area contributed by atoms with Crippen LogP contribution in [0, 0.1) is 5.41 Å². The third-order valence-electron chi connectivity index (χ3n) is 4.17. The average molecular weight is 203 g/mol. The number of fused-ring (bicyclic) bond motifs is 1. The molecule has 0 spiro atoms. The lowest BCUT2D eigenvalue weighted by Crippen LogP contribution is -2.42. The van der Waals surface area contributed by atoms with Crippen LogP contribution in [0.1, 0.15) is 38.5 Å². The molecule has 1 aliphatic heterocycles. The van der Waals surface area contributed by atoms with Crippen molar-refractivity contribution in [1.82, 2.24) is 5.32 Å². The number of amides is 1. The number of rotatable bonds is 1. The fraction of sp³-hybridized carbons (Fsp3) is 0.615. The van der Waals surface area contributed by atoms with E-state index in [4.69, 9.17) is 0 Å². The highest BCUT2D eigenvalue weighted by Crippen LogP contribution is 2.52. The standard InChI is InChI=1S/C13H17NO/c15-12-11-6-3-7-13(11,8-9-14-12)10-4-1-2-5-10/h4,6H,1-3,5,7-9H2,(H,14,15). The molecule has 0 radical (unpaired) electrons. The van der Waals surface area contributed by atoms with E-state index in [1.54, 1.807) is 5.57 Å². The van der Waals surface area contributed by atoms with Crippen molar-refractivity contribution in [2.75, 3.05) is 6.54 Å². The summed E-state index contributed by atoms with van der Waals surface area (Å²) in [6.07, 6.45) is 11.6. The van der Waals surface area contributed by atoms with Crippen LogP contribution in [0.4, 0.5) is 0 Å². The monoisotopic (exact) mass is 203 g/mol. The van der Waals surface area contributed by atoms with Gasteiger partial charge in [-0.15, -0.1) is 0 Å². The Morgan fingerprint density at radius 2 is 2.13 bits per heavy atom. The maximum atomic E-state index is 11.8. The number of carbonyl (C=O) groups is 1. The predicted molar refractivity (Wildman–Crippen MR) is 59.3 cm³/mol. The highest BCUT2D eigenvalue weighted by Gasteiger charge is 2.45. The van der Waals surface area contributed by atoms with E-state index < -0.39 is 0 Å². The molecule has 1 unspecified atom stereocenters. The van der Waals surface area contributed by atoms with Gasteiger partial charge in [0.15, 0.2) is 0 Å². The van der Waals surface area contributed by atoms with Crippen molar-refractivity contribution < 1.29 is 4.79 Å². The van der Waals surface area contributed by atoms with Crippen LogP contribution in [-0.4, -0.2) is 12.5 Å². The van der Waals surface area contributed by atoms with Gasteiger partial charge in [0.05, 0.1) is 0 Å². The first-order chi connectivity index (χ1) is 7.33. The number of nitrogens with one attached hydrogen (secondary N) is 1. The molecule has 3 aliphatic rings. The zero-order valence-corrected chi connectivity index (χ0v) is 9.01. The Hall–Kier alpha value is -1.05. The van der Waals surface area contributed by atoms with Crippen molar-refractivity contribution in [3.05, 3.63) is 23.3 Å². The minimum Gasteiger partial charge on any atom is -0.352 e. The maximum absolute atomic E-state index is 11.8. The summed E-state index contributed by atoms with van der Waals surface area (Å²) in [5.41, 5.74) is 2.78. The third kappa shape index (κ3) is 1.20. The van der Waals surface area contributed by atoms with Crippen molar-refractivity contribution in [3.63, 3.8) is 0 Å². The summed E-state index contributed by atoms with van der Waals surface area (Å²) in [5.74, 6) is 0.187. The van der Waals surface area contributed by atoms with Crippen LogP contribution < -0.4 is 5.32 Å². The Kier molecular flexibility index (Phi) is 1.98. The smallest absolute Gasteiger partial charge is 0.247 e. The quantitative estimate of drug-likeness (QED) is 0.651. The summed E-state index contributed by atoms with van der Waals surface area (Å²) in [6, 6.07) is 0. The zero-order chi connectivity index (χ0) is 10.3. The van der Waals surface area contributed by atoms with Crippen molar-refractivity contribution in [2.24, 2.45) is 5.41 Å². The zero-order valence-electron chi connectivity index (χ0n) is 9.01. The van der Waals surface area contributed by atoms with E-state index in [2.05, 4.69) is 17.5 Å². The number of hydrogen-bond donors (Lipinski definition) is 1. The minimum absolute atomic E-state index is 0.152. The first kappa shape index (κ1) is 9.20. The highest BCUT2D eigenvalue weighted by molar-refractivity contribution is 5.97. The summed E-state index contributed by atoms with van der Waals surface area (Å²) >= 11 is 0. The van der Waals surface area contributed by atoms with E-state index in [1.807, 2.05) is 0 Å². The second-order valence-corrected chi connectivity index (χ2v) is 4.87. The summed E-state index contributed by atoms with van der Waals surface area (Å²) < 4.78 is 0. The molecule has 1 atom stereocenters. The largest absolute Gasteiger partial charge is 0.352 e. The van der Waals surface area contributed by atoms with Gasteiger partial charge in [-0.2, -0.15) is 0 Å². The third-order valence-corrected chi connectivity index (χ3v) is 4.17. The summed E-state index contributed by atoms with van der Waals surface area (Å²) in [4.78, 5) is 11.8. The lowest BCUT2D eigenvalue weighted by molar-refractivity contribution is -0.119. The number of carbonyl (C=O) groups excluding carboxylic acids is 1. The molecular weight excluding hydrogens is 186 g/mol. The molecule has 2 nitrogen and oxygen atoms in total. The van der Waals surface area contributed by atoms with Gasteiger partial charge in [-0.1, -0.05) is 17.7 Å². The summed E-state index contributed by atoms with van der Waals surface area (Å²) in [6.45, 7) is 0.855. The first-order valence-corrected chi connectivity index (χ1v) is 6.01. The van der Waals surface area contributed by atoms with Crippen LogP contribution in [0.5, 0.6) is 0 Å². The molecule has 2 heteroatoms. The lowest BCUT2D eigenvalue weighted by atomic mass is 9.69. The van der Waals surface area contributed by atoms with Gasteiger partial charge in [-0.25, -0.2) is 0 Å². The number of piperidine rings is 1. The molecule has 80 valence electrons. The van der Waals surface area contributed by atoms with E-state index in [0.717, 1.165) is 25.0 Å².